The van der Waals surface area contributed by atoms with Gasteiger partial charge < -0.3 is 15.4 Å². The Morgan fingerprint density at radius 1 is 1.07 bits per heavy atom. The van der Waals surface area contributed by atoms with E-state index in [0.717, 1.165) is 30.3 Å². The summed E-state index contributed by atoms with van der Waals surface area (Å²) >= 11 is 0. The molecule has 0 saturated carbocycles. The fourth-order valence-corrected chi connectivity index (χ4v) is 2.45. The lowest BCUT2D eigenvalue weighted by molar-refractivity contribution is -0.137. The van der Waals surface area contributed by atoms with E-state index in [1.807, 2.05) is 0 Å². The van der Waals surface area contributed by atoms with Crippen molar-refractivity contribution in [3.8, 4) is 5.75 Å². The molecule has 0 radical (unpaired) electrons. The molecule has 146 valence electrons. The standard InChI is InChI=1S/C19H13F5N2O2/c20-13-6-7-16(15(21)11-13)26-17(27)18(8-1-2-9-25-18)28-14-5-3-4-12(10-14)19(22,23)24/h1-11,25H,(H,26,27). The number of benzene rings is 2. The van der Waals surface area contributed by atoms with Gasteiger partial charge >= 0.3 is 6.18 Å². The Morgan fingerprint density at radius 3 is 2.50 bits per heavy atom. The quantitative estimate of drug-likeness (QED) is 0.755. The number of hydrogen-bond donors (Lipinski definition) is 2. The molecule has 28 heavy (non-hydrogen) atoms. The molecule has 0 saturated heterocycles. The molecular weight excluding hydrogens is 383 g/mol. The van der Waals surface area contributed by atoms with Crippen molar-refractivity contribution in [3.63, 3.8) is 0 Å². The summed E-state index contributed by atoms with van der Waals surface area (Å²) in [6, 6.07) is 6.52. The van der Waals surface area contributed by atoms with Crippen molar-refractivity contribution in [1.82, 2.24) is 5.32 Å². The summed E-state index contributed by atoms with van der Waals surface area (Å²) in [7, 11) is 0. The SMILES string of the molecule is O=C(Nc1ccc(F)cc1F)C1(Oc2cccc(C(F)(F)F)c2)C=CC=CN1. The molecule has 2 aromatic carbocycles. The number of nitrogens with one attached hydrogen (secondary N) is 2. The van der Waals surface area contributed by atoms with E-state index < -0.39 is 35.0 Å². The monoisotopic (exact) mass is 396 g/mol. The molecule has 0 fully saturated rings. The molecule has 1 aliphatic heterocycles. The highest BCUT2D eigenvalue weighted by atomic mass is 19.4. The lowest BCUT2D eigenvalue weighted by Crippen LogP contribution is -2.56. The van der Waals surface area contributed by atoms with Gasteiger partial charge in [0.2, 0.25) is 0 Å². The fourth-order valence-electron chi connectivity index (χ4n) is 2.45. The first-order chi connectivity index (χ1) is 13.2. The summed E-state index contributed by atoms with van der Waals surface area (Å²) in [6.45, 7) is 0. The van der Waals surface area contributed by atoms with Crippen molar-refractivity contribution in [1.29, 1.82) is 0 Å². The number of carbonyl (C=O) groups excluding carboxylic acids is 1. The van der Waals surface area contributed by atoms with Crippen molar-refractivity contribution in [2.75, 3.05) is 5.32 Å². The number of amides is 1. The summed E-state index contributed by atoms with van der Waals surface area (Å²) in [4.78, 5) is 12.7. The summed E-state index contributed by atoms with van der Waals surface area (Å²) in [5, 5.41) is 4.85. The zero-order valence-electron chi connectivity index (χ0n) is 14.1. The van der Waals surface area contributed by atoms with E-state index in [0.29, 0.717) is 6.07 Å². The Kier molecular flexibility index (Phi) is 5.08. The number of rotatable bonds is 4. The molecule has 2 N–H and O–H groups in total. The lowest BCUT2D eigenvalue weighted by atomic mass is 10.1. The number of anilines is 1. The summed E-state index contributed by atoms with van der Waals surface area (Å²) in [6.07, 6.45) is 0.963. The molecule has 1 atom stereocenters. The molecule has 0 spiro atoms. The van der Waals surface area contributed by atoms with Crippen molar-refractivity contribution < 1.29 is 31.5 Å². The van der Waals surface area contributed by atoms with Crippen molar-refractivity contribution in [3.05, 3.63) is 84.1 Å². The van der Waals surface area contributed by atoms with Gasteiger partial charge in [0.05, 0.1) is 11.3 Å². The summed E-state index contributed by atoms with van der Waals surface area (Å²) in [5.74, 6) is -3.00. The minimum Gasteiger partial charge on any atom is -0.455 e. The van der Waals surface area contributed by atoms with Crippen LogP contribution in [0.2, 0.25) is 0 Å². The third-order valence-electron chi connectivity index (χ3n) is 3.79. The van der Waals surface area contributed by atoms with Crippen LogP contribution in [-0.2, 0) is 11.0 Å². The van der Waals surface area contributed by atoms with Crippen LogP contribution in [0.25, 0.3) is 0 Å². The Bertz CT molecular complexity index is 956. The second-order valence-electron chi connectivity index (χ2n) is 5.80. The summed E-state index contributed by atoms with van der Waals surface area (Å²) < 4.78 is 71.1. The number of allylic oxidation sites excluding steroid dienone is 2. The summed E-state index contributed by atoms with van der Waals surface area (Å²) in [5.41, 5.74) is -3.22. The third kappa shape index (κ3) is 4.13. The first-order valence-corrected chi connectivity index (χ1v) is 7.94. The van der Waals surface area contributed by atoms with Crippen LogP contribution in [0.4, 0.5) is 27.6 Å². The molecule has 4 nitrogen and oxygen atoms in total. The number of alkyl halides is 3. The number of hydrogen-bond acceptors (Lipinski definition) is 3. The van der Waals surface area contributed by atoms with Crippen molar-refractivity contribution in [2.45, 2.75) is 11.9 Å². The van der Waals surface area contributed by atoms with Crippen molar-refractivity contribution in [2.24, 2.45) is 0 Å². The van der Waals surface area contributed by atoms with Gasteiger partial charge in [-0.2, -0.15) is 13.2 Å². The van der Waals surface area contributed by atoms with E-state index in [1.54, 1.807) is 0 Å². The predicted octanol–water partition coefficient (Wildman–Crippen LogP) is 4.37. The minimum absolute atomic E-state index is 0.239. The molecule has 1 heterocycles. The third-order valence-corrected chi connectivity index (χ3v) is 3.79. The normalized spacial score (nSPS) is 18.5. The molecule has 9 heteroatoms. The van der Waals surface area contributed by atoms with Crippen LogP contribution < -0.4 is 15.4 Å². The zero-order valence-corrected chi connectivity index (χ0v) is 14.1. The second kappa shape index (κ2) is 7.34. The molecule has 0 bridgehead atoms. The Labute approximate surface area is 156 Å². The maximum Gasteiger partial charge on any atom is 0.416 e. The Morgan fingerprint density at radius 2 is 1.86 bits per heavy atom. The van der Waals surface area contributed by atoms with Gasteiger partial charge in [0.25, 0.3) is 11.6 Å². The maximum absolute atomic E-state index is 13.8. The van der Waals surface area contributed by atoms with Gasteiger partial charge in [-0.1, -0.05) is 12.1 Å². The van der Waals surface area contributed by atoms with E-state index in [2.05, 4.69) is 10.6 Å². The number of halogens is 5. The first kappa shape index (κ1) is 19.4. The van der Waals surface area contributed by atoms with E-state index in [-0.39, 0.29) is 11.4 Å². The highest BCUT2D eigenvalue weighted by Crippen LogP contribution is 2.32. The smallest absolute Gasteiger partial charge is 0.416 e. The van der Waals surface area contributed by atoms with E-state index in [1.165, 1.54) is 30.5 Å². The molecular formula is C19H13F5N2O2. The van der Waals surface area contributed by atoms with Crippen LogP contribution in [0.3, 0.4) is 0 Å². The van der Waals surface area contributed by atoms with Gasteiger partial charge in [0.1, 0.15) is 17.4 Å². The Balaban J connectivity index is 1.90. The zero-order chi connectivity index (χ0) is 20.4. The van der Waals surface area contributed by atoms with Gasteiger partial charge in [0.15, 0.2) is 0 Å². The van der Waals surface area contributed by atoms with Gasteiger partial charge in [-0.25, -0.2) is 8.78 Å². The molecule has 1 unspecified atom stereocenters. The van der Waals surface area contributed by atoms with Gasteiger partial charge in [-0.05, 0) is 42.5 Å². The Hall–Kier alpha value is -3.36. The van der Waals surface area contributed by atoms with Crippen LogP contribution in [0.1, 0.15) is 5.56 Å². The van der Waals surface area contributed by atoms with Crippen LogP contribution in [0.5, 0.6) is 5.75 Å². The van der Waals surface area contributed by atoms with Gasteiger partial charge in [-0.15, -0.1) is 0 Å². The lowest BCUT2D eigenvalue weighted by Gasteiger charge is -2.32. The maximum atomic E-state index is 13.8. The second-order valence-corrected chi connectivity index (χ2v) is 5.80. The number of dihydropyridines is 1. The van der Waals surface area contributed by atoms with Crippen LogP contribution in [0.15, 0.2) is 66.9 Å². The number of carbonyl (C=O) groups is 1. The average Bonchev–Trinajstić information content (AvgIpc) is 2.64. The molecule has 3 rings (SSSR count). The van der Waals surface area contributed by atoms with Crippen LogP contribution in [0, 0.1) is 11.6 Å². The molecule has 0 aromatic heterocycles. The minimum atomic E-state index is -4.60. The van der Waals surface area contributed by atoms with Gasteiger partial charge in [-0.3, -0.25) is 4.79 Å². The highest BCUT2D eigenvalue weighted by Gasteiger charge is 2.40. The molecule has 1 amide bonds. The molecule has 2 aromatic rings. The molecule has 1 aliphatic rings. The predicted molar refractivity (Wildman–Crippen MR) is 91.2 cm³/mol. The highest BCUT2D eigenvalue weighted by molar-refractivity contribution is 5.99. The van der Waals surface area contributed by atoms with E-state index in [9.17, 15) is 26.7 Å². The number of ether oxygens (including phenoxy) is 1. The average molecular weight is 396 g/mol. The topological polar surface area (TPSA) is 50.4 Å². The van der Waals surface area contributed by atoms with E-state index in [4.69, 9.17) is 4.74 Å². The van der Waals surface area contributed by atoms with Gasteiger partial charge in [0, 0.05) is 12.3 Å². The van der Waals surface area contributed by atoms with Crippen LogP contribution in [-0.4, -0.2) is 11.6 Å². The van der Waals surface area contributed by atoms with Crippen molar-refractivity contribution >= 4 is 11.6 Å². The largest absolute Gasteiger partial charge is 0.455 e. The molecule has 0 aliphatic carbocycles. The fraction of sp³-hybridized carbons (Fsp3) is 0.105. The van der Waals surface area contributed by atoms with E-state index >= 15 is 0 Å². The first-order valence-electron chi connectivity index (χ1n) is 7.94. The van der Waals surface area contributed by atoms with Crippen LogP contribution >= 0.6 is 0 Å².